The van der Waals surface area contributed by atoms with Crippen molar-refractivity contribution >= 4 is 11.8 Å². The van der Waals surface area contributed by atoms with Gasteiger partial charge in [0.15, 0.2) is 17.0 Å². The molecule has 8 heteroatoms. The molecule has 0 bridgehead atoms. The maximum absolute atomic E-state index is 13.6. The van der Waals surface area contributed by atoms with Gasteiger partial charge in [-0.15, -0.1) is 0 Å². The molecule has 0 fully saturated rings. The van der Waals surface area contributed by atoms with Crippen LogP contribution in [0.3, 0.4) is 0 Å². The van der Waals surface area contributed by atoms with Crippen molar-refractivity contribution in [1.29, 1.82) is 0 Å². The highest BCUT2D eigenvalue weighted by molar-refractivity contribution is 6.00. The molecule has 0 spiro atoms. The minimum absolute atomic E-state index is 0.0859. The lowest BCUT2D eigenvalue weighted by Gasteiger charge is -2.23. The van der Waals surface area contributed by atoms with Gasteiger partial charge in [0, 0.05) is 31.6 Å². The predicted octanol–water partition coefficient (Wildman–Crippen LogP) is 3.58. The van der Waals surface area contributed by atoms with Crippen molar-refractivity contribution in [2.45, 2.75) is 24.8 Å². The molecule has 0 aromatic heterocycles. The number of ether oxygens (including phenoxy) is 4. The second-order valence-corrected chi connectivity index (χ2v) is 9.04. The molecule has 200 valence electrons. The molecule has 0 unspecified atom stereocenters. The summed E-state index contributed by atoms with van der Waals surface area (Å²) >= 11 is 0. The topological polar surface area (TPSA) is 98.6 Å². The van der Waals surface area contributed by atoms with Crippen LogP contribution in [0.25, 0.3) is 0 Å². The number of methoxy groups -OCH3 is 2. The SMILES string of the molecule is COc1ccc(CCNC(=O)[C@@]2(Cc3ccccc3)COC(c3ccc(OCCCO)cc3)=N2)cc1OC. The Labute approximate surface area is 223 Å². The van der Waals surface area contributed by atoms with Crippen molar-refractivity contribution in [3.63, 3.8) is 0 Å². The van der Waals surface area contributed by atoms with Crippen LogP contribution < -0.4 is 19.5 Å². The molecule has 8 nitrogen and oxygen atoms in total. The smallest absolute Gasteiger partial charge is 0.251 e. The summed E-state index contributed by atoms with van der Waals surface area (Å²) in [4.78, 5) is 18.4. The van der Waals surface area contributed by atoms with E-state index in [-0.39, 0.29) is 19.1 Å². The van der Waals surface area contributed by atoms with E-state index in [1.165, 1.54) is 0 Å². The summed E-state index contributed by atoms with van der Waals surface area (Å²) in [5.74, 6) is 2.26. The Morgan fingerprint density at radius 3 is 2.47 bits per heavy atom. The van der Waals surface area contributed by atoms with Crippen LogP contribution in [0.15, 0.2) is 77.8 Å². The molecule has 1 heterocycles. The molecule has 1 aliphatic heterocycles. The van der Waals surface area contributed by atoms with Crippen LogP contribution in [0.4, 0.5) is 0 Å². The highest BCUT2D eigenvalue weighted by atomic mass is 16.5. The zero-order valence-electron chi connectivity index (χ0n) is 21.8. The van der Waals surface area contributed by atoms with Crippen molar-refractivity contribution < 1.29 is 28.8 Å². The van der Waals surface area contributed by atoms with Gasteiger partial charge in [-0.05, 0) is 53.9 Å². The molecular formula is C30H34N2O6. The van der Waals surface area contributed by atoms with Crippen molar-refractivity contribution in [3.8, 4) is 17.2 Å². The first kappa shape index (κ1) is 27.0. The Bertz CT molecular complexity index is 1230. The normalized spacial score (nSPS) is 16.3. The summed E-state index contributed by atoms with van der Waals surface area (Å²) < 4.78 is 22.3. The summed E-state index contributed by atoms with van der Waals surface area (Å²) in [6, 6.07) is 23.0. The third-order valence-electron chi connectivity index (χ3n) is 6.34. The quantitative estimate of drug-likeness (QED) is 0.336. The molecule has 2 N–H and O–H groups in total. The number of aliphatic hydroxyl groups is 1. The number of rotatable bonds is 13. The van der Waals surface area contributed by atoms with Crippen LogP contribution in [0.5, 0.6) is 17.2 Å². The number of amides is 1. The van der Waals surface area contributed by atoms with Gasteiger partial charge >= 0.3 is 0 Å². The van der Waals surface area contributed by atoms with Crippen LogP contribution in [0.1, 0.15) is 23.1 Å². The second kappa shape index (κ2) is 13.0. The van der Waals surface area contributed by atoms with E-state index in [0.717, 1.165) is 16.7 Å². The summed E-state index contributed by atoms with van der Waals surface area (Å²) in [7, 11) is 3.20. The van der Waals surface area contributed by atoms with Crippen molar-refractivity contribution in [2.75, 3.05) is 40.6 Å². The Balaban J connectivity index is 1.48. The minimum Gasteiger partial charge on any atom is -0.494 e. The number of benzene rings is 3. The fraction of sp³-hybridized carbons (Fsp3) is 0.333. The van der Waals surface area contributed by atoms with E-state index >= 15 is 0 Å². The maximum Gasteiger partial charge on any atom is 0.251 e. The van der Waals surface area contributed by atoms with Gasteiger partial charge in [-0.2, -0.15) is 0 Å². The molecule has 38 heavy (non-hydrogen) atoms. The summed E-state index contributed by atoms with van der Waals surface area (Å²) in [6.45, 7) is 1.11. The van der Waals surface area contributed by atoms with E-state index in [0.29, 0.717) is 55.6 Å². The molecule has 0 aliphatic carbocycles. The number of hydrogen-bond donors (Lipinski definition) is 2. The molecule has 3 aromatic carbocycles. The van der Waals surface area contributed by atoms with Gasteiger partial charge in [-0.1, -0.05) is 36.4 Å². The summed E-state index contributed by atoms with van der Waals surface area (Å²) in [5.41, 5.74) is 1.72. The zero-order chi connectivity index (χ0) is 26.8. The van der Waals surface area contributed by atoms with Gasteiger partial charge in [-0.25, -0.2) is 4.99 Å². The van der Waals surface area contributed by atoms with Gasteiger partial charge in [0.1, 0.15) is 12.4 Å². The zero-order valence-corrected chi connectivity index (χ0v) is 21.8. The van der Waals surface area contributed by atoms with Crippen molar-refractivity contribution in [1.82, 2.24) is 5.32 Å². The number of nitrogens with one attached hydrogen (secondary N) is 1. The van der Waals surface area contributed by atoms with Crippen LogP contribution in [-0.2, 0) is 22.4 Å². The van der Waals surface area contributed by atoms with E-state index < -0.39 is 5.54 Å². The molecule has 3 aromatic rings. The number of hydrogen-bond acceptors (Lipinski definition) is 7. The monoisotopic (exact) mass is 518 g/mol. The predicted molar refractivity (Wildman–Crippen MR) is 145 cm³/mol. The average Bonchev–Trinajstić information content (AvgIpc) is 3.39. The van der Waals surface area contributed by atoms with Gasteiger partial charge in [0.25, 0.3) is 5.91 Å². The standard InChI is InChI=1S/C30H34N2O6/c1-35-26-14-9-22(19-27(26)36-2)15-16-31-29(34)30(20-23-7-4-3-5-8-23)21-38-28(32-30)24-10-12-25(13-11-24)37-18-6-17-33/h3-5,7-14,19,33H,6,15-18,20-21H2,1-2H3,(H,31,34)/t30-/m1/s1. The Morgan fingerprint density at radius 1 is 1.00 bits per heavy atom. The first-order chi connectivity index (χ1) is 18.6. The number of nitrogens with zero attached hydrogens (tertiary/aromatic N) is 1. The number of aliphatic imine (C=N–C) groups is 1. The Hall–Kier alpha value is -4.04. The third-order valence-corrected chi connectivity index (χ3v) is 6.34. The lowest BCUT2D eigenvalue weighted by molar-refractivity contribution is -0.126. The Morgan fingerprint density at radius 2 is 1.76 bits per heavy atom. The van der Waals surface area contributed by atoms with Crippen molar-refractivity contribution in [2.24, 2.45) is 4.99 Å². The number of carbonyl (C=O) groups excluding carboxylic acids is 1. The van der Waals surface area contributed by atoms with E-state index in [9.17, 15) is 4.79 Å². The lowest BCUT2D eigenvalue weighted by Crippen LogP contribution is -2.48. The molecule has 4 rings (SSSR count). The van der Waals surface area contributed by atoms with E-state index in [2.05, 4.69) is 5.32 Å². The largest absolute Gasteiger partial charge is 0.494 e. The minimum atomic E-state index is -1.08. The number of aliphatic hydroxyl groups excluding tert-OH is 1. The first-order valence-electron chi connectivity index (χ1n) is 12.7. The lowest BCUT2D eigenvalue weighted by atomic mass is 9.91. The van der Waals surface area contributed by atoms with Crippen molar-refractivity contribution in [3.05, 3.63) is 89.5 Å². The van der Waals surface area contributed by atoms with Gasteiger partial charge < -0.3 is 29.4 Å². The average molecular weight is 519 g/mol. The third kappa shape index (κ3) is 6.63. The van der Waals surface area contributed by atoms with Crippen LogP contribution in [0, 0.1) is 0 Å². The maximum atomic E-state index is 13.6. The summed E-state index contributed by atoms with van der Waals surface area (Å²) in [5, 5.41) is 12.0. The highest BCUT2D eigenvalue weighted by Crippen LogP contribution is 2.29. The fourth-order valence-electron chi connectivity index (χ4n) is 4.28. The van der Waals surface area contributed by atoms with Crippen LogP contribution in [0.2, 0.25) is 0 Å². The van der Waals surface area contributed by atoms with Crippen LogP contribution >= 0.6 is 0 Å². The number of carbonyl (C=O) groups is 1. The molecule has 1 amide bonds. The fourth-order valence-corrected chi connectivity index (χ4v) is 4.28. The van der Waals surface area contributed by atoms with Gasteiger partial charge in [0.2, 0.25) is 5.90 Å². The molecule has 0 radical (unpaired) electrons. The van der Waals surface area contributed by atoms with E-state index in [4.69, 9.17) is 29.0 Å². The molecule has 1 atom stereocenters. The van der Waals surface area contributed by atoms with Crippen LogP contribution in [-0.4, -0.2) is 63.0 Å². The van der Waals surface area contributed by atoms with E-state index in [1.807, 2.05) is 72.8 Å². The van der Waals surface area contributed by atoms with Gasteiger partial charge in [-0.3, -0.25) is 4.79 Å². The molecular weight excluding hydrogens is 484 g/mol. The molecule has 0 saturated carbocycles. The van der Waals surface area contributed by atoms with E-state index in [1.54, 1.807) is 14.2 Å². The first-order valence-corrected chi connectivity index (χ1v) is 12.7. The van der Waals surface area contributed by atoms with Gasteiger partial charge in [0.05, 0.1) is 20.8 Å². The second-order valence-electron chi connectivity index (χ2n) is 9.04. The summed E-state index contributed by atoms with van der Waals surface area (Å²) in [6.07, 6.45) is 1.62. The molecule has 0 saturated heterocycles. The molecule has 1 aliphatic rings. The highest BCUT2D eigenvalue weighted by Gasteiger charge is 2.44. The Kier molecular flexibility index (Phi) is 9.21.